The topological polar surface area (TPSA) is 41.6 Å². The summed E-state index contributed by atoms with van der Waals surface area (Å²) < 4.78 is 1.77. The van der Waals surface area contributed by atoms with E-state index in [4.69, 9.17) is 0 Å². The maximum Gasteiger partial charge on any atom is 0.117 e. The zero-order chi connectivity index (χ0) is 14.9. The first-order valence-electron chi connectivity index (χ1n) is 6.55. The third-order valence-corrected chi connectivity index (χ3v) is 4.39. The van der Waals surface area contributed by atoms with Crippen LogP contribution in [0, 0.1) is 18.3 Å². The monoisotopic (exact) mass is 285 g/mol. The maximum absolute atomic E-state index is 9.22. The fraction of sp³-hybridized carbons (Fsp3) is 0.375. The van der Waals surface area contributed by atoms with E-state index in [1.54, 1.807) is 16.4 Å². The summed E-state index contributed by atoms with van der Waals surface area (Å²) in [4.78, 5) is 1.12. The molecule has 0 amide bonds. The van der Waals surface area contributed by atoms with Gasteiger partial charge in [-0.3, -0.25) is 4.68 Å². The molecule has 0 bridgehead atoms. The van der Waals surface area contributed by atoms with E-state index in [1.165, 1.54) is 5.56 Å². The van der Waals surface area contributed by atoms with Crippen LogP contribution in [0.3, 0.4) is 0 Å². The quantitative estimate of drug-likeness (QED) is 0.836. The predicted octanol–water partition coefficient (Wildman–Crippen LogP) is 4.05. The second kappa shape index (κ2) is 5.34. The Hall–Kier alpha value is -1.73. The van der Waals surface area contributed by atoms with Crippen LogP contribution in [0.15, 0.2) is 34.2 Å². The van der Waals surface area contributed by atoms with Gasteiger partial charge in [0.25, 0.3) is 0 Å². The fourth-order valence-electron chi connectivity index (χ4n) is 2.02. The number of rotatable bonds is 2. The van der Waals surface area contributed by atoms with Gasteiger partial charge in [-0.15, -0.1) is 0 Å². The van der Waals surface area contributed by atoms with Gasteiger partial charge in [0, 0.05) is 11.9 Å². The van der Waals surface area contributed by atoms with E-state index in [2.05, 4.69) is 56.2 Å². The molecule has 0 radical (unpaired) electrons. The van der Waals surface area contributed by atoms with E-state index >= 15 is 0 Å². The molecular weight excluding hydrogens is 266 g/mol. The second-order valence-corrected chi connectivity index (χ2v) is 6.94. The van der Waals surface area contributed by atoms with Crippen LogP contribution >= 0.6 is 11.8 Å². The molecular formula is C16H19N3S. The largest absolute Gasteiger partial charge is 0.260 e. The van der Waals surface area contributed by atoms with Gasteiger partial charge < -0.3 is 0 Å². The van der Waals surface area contributed by atoms with Gasteiger partial charge in [-0.25, -0.2) is 0 Å². The minimum absolute atomic E-state index is 0.157. The van der Waals surface area contributed by atoms with Crippen LogP contribution in [-0.4, -0.2) is 9.78 Å². The normalized spacial score (nSPS) is 11.4. The summed E-state index contributed by atoms with van der Waals surface area (Å²) in [5.74, 6) is 0. The molecule has 1 aromatic carbocycles. The molecule has 0 N–H and O–H groups in total. The number of hydrogen-bond acceptors (Lipinski definition) is 3. The van der Waals surface area contributed by atoms with Crippen molar-refractivity contribution in [1.82, 2.24) is 9.78 Å². The highest BCUT2D eigenvalue weighted by molar-refractivity contribution is 7.99. The third-order valence-electron chi connectivity index (χ3n) is 3.22. The Balaban J connectivity index is 2.30. The highest BCUT2D eigenvalue weighted by Gasteiger charge is 2.16. The number of hydrogen-bond donors (Lipinski definition) is 0. The summed E-state index contributed by atoms with van der Waals surface area (Å²) in [5.41, 5.74) is 2.91. The van der Waals surface area contributed by atoms with Gasteiger partial charge in [0.15, 0.2) is 0 Å². The Labute approximate surface area is 124 Å². The van der Waals surface area contributed by atoms with Crippen molar-refractivity contribution in [2.75, 3.05) is 0 Å². The van der Waals surface area contributed by atoms with Crippen LogP contribution in [0.5, 0.6) is 0 Å². The second-order valence-electron chi connectivity index (χ2n) is 5.88. The Kier molecular flexibility index (Phi) is 3.92. The van der Waals surface area contributed by atoms with Crippen molar-refractivity contribution in [3.63, 3.8) is 0 Å². The summed E-state index contributed by atoms with van der Waals surface area (Å²) in [6, 6.07) is 10.7. The molecule has 0 aliphatic rings. The molecule has 3 nitrogen and oxygen atoms in total. The average Bonchev–Trinajstić information content (AvgIpc) is 2.63. The van der Waals surface area contributed by atoms with Crippen LogP contribution in [0.2, 0.25) is 0 Å². The zero-order valence-electron chi connectivity index (χ0n) is 12.6. The van der Waals surface area contributed by atoms with Crippen LogP contribution < -0.4 is 0 Å². The molecule has 0 aliphatic heterocycles. The molecule has 0 unspecified atom stereocenters. The van der Waals surface area contributed by atoms with E-state index < -0.39 is 0 Å². The lowest BCUT2D eigenvalue weighted by molar-refractivity contribution is 0.589. The lowest BCUT2D eigenvalue weighted by atomic mass is 9.87. The summed E-state index contributed by atoms with van der Waals surface area (Å²) >= 11 is 1.58. The van der Waals surface area contributed by atoms with Crippen LogP contribution in [0.4, 0.5) is 0 Å². The molecule has 0 atom stereocenters. The van der Waals surface area contributed by atoms with Crippen LogP contribution in [0.25, 0.3) is 0 Å². The first kappa shape index (κ1) is 14.7. The third kappa shape index (κ3) is 2.88. The number of nitrogens with zero attached hydrogens (tertiary/aromatic N) is 3. The Morgan fingerprint density at radius 3 is 2.30 bits per heavy atom. The Bertz CT molecular complexity index is 655. The van der Waals surface area contributed by atoms with Gasteiger partial charge in [0.05, 0.1) is 5.69 Å². The molecule has 2 aromatic rings. The minimum atomic E-state index is 0.157. The van der Waals surface area contributed by atoms with Crippen molar-refractivity contribution in [3.8, 4) is 6.07 Å². The van der Waals surface area contributed by atoms with Gasteiger partial charge in [0.2, 0.25) is 0 Å². The molecule has 0 saturated carbocycles. The summed E-state index contributed by atoms with van der Waals surface area (Å²) in [6.45, 7) is 8.47. The molecule has 1 aromatic heterocycles. The van der Waals surface area contributed by atoms with Crippen molar-refractivity contribution in [2.45, 2.75) is 43.0 Å². The molecule has 2 rings (SSSR count). The van der Waals surface area contributed by atoms with Gasteiger partial charge in [0.1, 0.15) is 16.7 Å². The van der Waals surface area contributed by atoms with E-state index in [1.807, 2.05) is 14.0 Å². The molecule has 0 fully saturated rings. The SMILES string of the molecule is Cc1nn(C)c(Sc2ccc(C(C)(C)C)cc2)c1C#N. The van der Waals surface area contributed by atoms with E-state index in [-0.39, 0.29) is 5.41 Å². The summed E-state index contributed by atoms with van der Waals surface area (Å²) in [7, 11) is 1.87. The Morgan fingerprint density at radius 2 is 1.80 bits per heavy atom. The van der Waals surface area contributed by atoms with Crippen molar-refractivity contribution >= 4 is 11.8 Å². The van der Waals surface area contributed by atoms with Gasteiger partial charge in [-0.2, -0.15) is 10.4 Å². The predicted molar refractivity (Wildman–Crippen MR) is 81.9 cm³/mol. The molecule has 104 valence electrons. The van der Waals surface area contributed by atoms with Crippen molar-refractivity contribution in [2.24, 2.45) is 7.05 Å². The van der Waals surface area contributed by atoms with Crippen molar-refractivity contribution < 1.29 is 0 Å². The number of benzene rings is 1. The number of aromatic nitrogens is 2. The van der Waals surface area contributed by atoms with E-state index in [0.29, 0.717) is 5.56 Å². The molecule has 4 heteroatoms. The average molecular weight is 285 g/mol. The number of nitriles is 1. The standard InChI is InChI=1S/C16H19N3S/c1-11-14(10-17)15(19(5)18-11)20-13-8-6-12(7-9-13)16(2,3)4/h6-9H,1-5H3. The highest BCUT2D eigenvalue weighted by atomic mass is 32.2. The van der Waals surface area contributed by atoms with Crippen LogP contribution in [0.1, 0.15) is 37.6 Å². The first-order valence-corrected chi connectivity index (χ1v) is 7.36. The number of aryl methyl sites for hydroxylation is 2. The zero-order valence-corrected chi connectivity index (χ0v) is 13.4. The van der Waals surface area contributed by atoms with Gasteiger partial charge in [-0.05, 0) is 30.0 Å². The highest BCUT2D eigenvalue weighted by Crippen LogP contribution is 2.32. The van der Waals surface area contributed by atoms with Crippen molar-refractivity contribution in [3.05, 3.63) is 41.1 Å². The lowest BCUT2D eigenvalue weighted by Crippen LogP contribution is -2.10. The molecule has 0 saturated heterocycles. The van der Waals surface area contributed by atoms with E-state index in [0.717, 1.165) is 15.6 Å². The van der Waals surface area contributed by atoms with Gasteiger partial charge >= 0.3 is 0 Å². The Morgan fingerprint density at radius 1 is 1.20 bits per heavy atom. The fourth-order valence-corrected chi connectivity index (χ4v) is 2.98. The van der Waals surface area contributed by atoms with E-state index in [9.17, 15) is 5.26 Å². The van der Waals surface area contributed by atoms with Gasteiger partial charge in [-0.1, -0.05) is 44.7 Å². The minimum Gasteiger partial charge on any atom is -0.260 e. The van der Waals surface area contributed by atoms with Crippen molar-refractivity contribution in [1.29, 1.82) is 5.26 Å². The van der Waals surface area contributed by atoms with Crippen LogP contribution in [-0.2, 0) is 12.5 Å². The molecule has 1 heterocycles. The summed E-state index contributed by atoms with van der Waals surface area (Å²) in [6.07, 6.45) is 0. The molecule has 0 aliphatic carbocycles. The molecule has 0 spiro atoms. The first-order chi connectivity index (χ1) is 9.32. The maximum atomic E-state index is 9.22. The smallest absolute Gasteiger partial charge is 0.117 e. The lowest BCUT2D eigenvalue weighted by Gasteiger charge is -2.19. The molecule has 20 heavy (non-hydrogen) atoms. The summed E-state index contributed by atoms with van der Waals surface area (Å²) in [5, 5.41) is 14.4.